The summed E-state index contributed by atoms with van der Waals surface area (Å²) >= 11 is 1.74. The molecule has 0 radical (unpaired) electrons. The quantitative estimate of drug-likeness (QED) is 0.0934. The lowest BCUT2D eigenvalue weighted by Crippen LogP contribution is -2.26. The molecule has 5 aromatic carbocycles. The van der Waals surface area contributed by atoms with Crippen LogP contribution in [0.15, 0.2) is 165 Å². The topological polar surface area (TPSA) is 38.7 Å². The number of para-hydroxylation sites is 1. The molecule has 3 nitrogen and oxygen atoms in total. The molecule has 2 aliphatic rings. The molecule has 242 valence electrons. The molecule has 0 N–H and O–H groups in total. The maximum absolute atomic E-state index is 13.9. The van der Waals surface area contributed by atoms with Gasteiger partial charge in [0.1, 0.15) is 5.75 Å². The van der Waals surface area contributed by atoms with E-state index in [2.05, 4.69) is 119 Å². The molecule has 2 aliphatic heterocycles. The summed E-state index contributed by atoms with van der Waals surface area (Å²) in [5.74, 6) is 0.187. The number of hydrogen-bond acceptors (Lipinski definition) is 4. The predicted octanol–water partition coefficient (Wildman–Crippen LogP) is 10.5. The number of carbonyl (C=O) groups is 1. The minimum atomic E-state index is -0.963. The molecule has 0 unspecified atom stereocenters. The molecule has 5 aromatic rings. The molecule has 0 spiro atoms. The number of esters is 1. The van der Waals surface area contributed by atoms with Crippen LogP contribution >= 0.6 is 19.7 Å². The first-order valence-corrected chi connectivity index (χ1v) is 18.8. The van der Waals surface area contributed by atoms with Crippen molar-refractivity contribution in [2.75, 3.05) is 0 Å². The van der Waals surface area contributed by atoms with Crippen LogP contribution in [0.2, 0.25) is 0 Å². The van der Waals surface area contributed by atoms with E-state index in [1.807, 2.05) is 54.6 Å². The third-order valence-electron chi connectivity index (χ3n) is 9.11. The molecular formula is C44H38NO2PS. The van der Waals surface area contributed by atoms with Crippen LogP contribution in [0.1, 0.15) is 55.6 Å². The summed E-state index contributed by atoms with van der Waals surface area (Å²) in [4.78, 5) is 21.2. The standard InChI is InChI=1S/C44H38NO2PS/c1-5-31(25-27-41-44(3,4)37-21-13-14-22-38(37)45-41)42-30(2)28-32-24-26-33(29-40(32)49-42)47-43(46)36-20-12-15-23-39(36)48(34-16-8-6-9-17-34)35-18-10-7-11-19-35/h6-29H,5H2,1-4H3/b27-25+,42-31-. The van der Waals surface area contributed by atoms with Gasteiger partial charge in [-0.25, -0.2) is 4.79 Å². The van der Waals surface area contributed by atoms with Gasteiger partial charge in [0, 0.05) is 15.2 Å². The van der Waals surface area contributed by atoms with Crippen LogP contribution in [0.4, 0.5) is 5.69 Å². The monoisotopic (exact) mass is 675 g/mol. The second kappa shape index (κ2) is 14.0. The number of carbonyl (C=O) groups excluding carboxylic acids is 1. The average Bonchev–Trinajstić information content (AvgIpc) is 3.39. The fourth-order valence-electron chi connectivity index (χ4n) is 6.46. The van der Waals surface area contributed by atoms with Crippen molar-refractivity contribution in [3.8, 4) is 5.75 Å². The van der Waals surface area contributed by atoms with E-state index in [0.717, 1.165) is 33.6 Å². The summed E-state index contributed by atoms with van der Waals surface area (Å²) in [5, 5.41) is 3.35. The summed E-state index contributed by atoms with van der Waals surface area (Å²) < 4.78 is 6.14. The van der Waals surface area contributed by atoms with Crippen molar-refractivity contribution in [2.24, 2.45) is 4.99 Å². The summed E-state index contributed by atoms with van der Waals surface area (Å²) in [6.45, 7) is 8.85. The van der Waals surface area contributed by atoms with Gasteiger partial charge in [-0.1, -0.05) is 142 Å². The van der Waals surface area contributed by atoms with Crippen LogP contribution in [0.5, 0.6) is 5.75 Å². The van der Waals surface area contributed by atoms with Gasteiger partial charge >= 0.3 is 5.97 Å². The van der Waals surface area contributed by atoms with Crippen LogP contribution in [-0.2, 0) is 5.41 Å². The van der Waals surface area contributed by atoms with Gasteiger partial charge in [0.05, 0.1) is 17.0 Å². The first kappa shape index (κ1) is 32.8. The Labute approximate surface area is 294 Å². The molecule has 0 atom stereocenters. The second-order valence-electron chi connectivity index (χ2n) is 12.7. The number of fused-ring (bicyclic) bond motifs is 2. The first-order chi connectivity index (χ1) is 23.8. The van der Waals surface area contributed by atoms with Crippen molar-refractivity contribution >= 4 is 59.0 Å². The fraction of sp³-hybridized carbons (Fsp3) is 0.136. The van der Waals surface area contributed by atoms with Crippen molar-refractivity contribution in [1.82, 2.24) is 0 Å². The van der Waals surface area contributed by atoms with Crippen molar-refractivity contribution in [2.45, 2.75) is 44.4 Å². The molecule has 0 aliphatic carbocycles. The third-order valence-corrected chi connectivity index (χ3v) is 13.0. The fourth-order valence-corrected chi connectivity index (χ4v) is 10.1. The molecule has 49 heavy (non-hydrogen) atoms. The number of rotatable bonds is 8. The number of benzene rings is 5. The van der Waals surface area contributed by atoms with Gasteiger partial charge < -0.3 is 4.74 Å². The van der Waals surface area contributed by atoms with Crippen LogP contribution in [0.3, 0.4) is 0 Å². The van der Waals surface area contributed by atoms with Gasteiger partial charge in [0.15, 0.2) is 0 Å². The largest absolute Gasteiger partial charge is 0.423 e. The Bertz CT molecular complexity index is 2120. The molecular weight excluding hydrogens is 638 g/mol. The number of hydrogen-bond donors (Lipinski definition) is 0. The molecule has 0 saturated carbocycles. The van der Waals surface area contributed by atoms with E-state index in [4.69, 9.17) is 9.73 Å². The molecule has 0 saturated heterocycles. The predicted molar refractivity (Wildman–Crippen MR) is 209 cm³/mol. The maximum Gasteiger partial charge on any atom is 0.344 e. The van der Waals surface area contributed by atoms with Gasteiger partial charge in [-0.3, -0.25) is 4.99 Å². The average molecular weight is 676 g/mol. The number of ether oxygens (including phenoxy) is 1. The molecule has 0 fully saturated rings. The third kappa shape index (κ3) is 6.64. The number of nitrogens with zero attached hydrogens (tertiary/aromatic N) is 1. The van der Waals surface area contributed by atoms with Crippen molar-refractivity contribution in [3.63, 3.8) is 0 Å². The van der Waals surface area contributed by atoms with E-state index >= 15 is 0 Å². The lowest BCUT2D eigenvalue weighted by molar-refractivity contribution is 0.0736. The Morgan fingerprint density at radius 2 is 1.49 bits per heavy atom. The Morgan fingerprint density at radius 3 is 2.18 bits per heavy atom. The maximum atomic E-state index is 13.9. The smallest absolute Gasteiger partial charge is 0.344 e. The van der Waals surface area contributed by atoms with Gasteiger partial charge in [-0.05, 0) is 95.9 Å². The van der Waals surface area contributed by atoms with Gasteiger partial charge in [-0.15, -0.1) is 0 Å². The van der Waals surface area contributed by atoms with Gasteiger partial charge in [-0.2, -0.15) is 0 Å². The second-order valence-corrected chi connectivity index (χ2v) is 16.0. The normalized spacial score (nSPS) is 15.8. The SMILES string of the molecule is CCC(/C=C/C1=Nc2ccccc2C1(C)C)=C1/Sc2cc(OC(=O)c3ccccc3P(c3ccccc3)c3ccccc3)ccc2C=C1C. The highest BCUT2D eigenvalue weighted by Crippen LogP contribution is 2.45. The summed E-state index contributed by atoms with van der Waals surface area (Å²) in [5.41, 5.74) is 7.43. The molecule has 5 heteroatoms. The highest BCUT2D eigenvalue weighted by molar-refractivity contribution is 8.03. The molecule has 2 heterocycles. The van der Waals surface area contributed by atoms with Crippen molar-refractivity contribution in [1.29, 1.82) is 0 Å². The van der Waals surface area contributed by atoms with Crippen LogP contribution < -0.4 is 20.7 Å². The van der Waals surface area contributed by atoms with E-state index in [9.17, 15) is 4.79 Å². The van der Waals surface area contributed by atoms with Gasteiger partial charge in [0.25, 0.3) is 0 Å². The Hall–Kier alpha value is -4.76. The number of thioether (sulfide) groups is 1. The lowest BCUT2D eigenvalue weighted by atomic mass is 9.81. The highest BCUT2D eigenvalue weighted by Gasteiger charge is 2.33. The van der Waals surface area contributed by atoms with E-state index in [1.165, 1.54) is 32.2 Å². The Morgan fingerprint density at radius 1 is 0.837 bits per heavy atom. The minimum absolute atomic E-state index is 0.144. The highest BCUT2D eigenvalue weighted by atomic mass is 32.2. The zero-order valence-electron chi connectivity index (χ0n) is 28.2. The van der Waals surface area contributed by atoms with E-state index in [-0.39, 0.29) is 11.4 Å². The molecule has 7 rings (SSSR count). The van der Waals surface area contributed by atoms with E-state index in [0.29, 0.717) is 11.3 Å². The summed E-state index contributed by atoms with van der Waals surface area (Å²) in [6.07, 6.45) is 7.53. The molecule has 0 amide bonds. The summed E-state index contributed by atoms with van der Waals surface area (Å²) in [7, 11) is -0.963. The van der Waals surface area contributed by atoms with Crippen molar-refractivity contribution in [3.05, 3.63) is 172 Å². The Kier molecular flexibility index (Phi) is 9.36. The first-order valence-electron chi connectivity index (χ1n) is 16.7. The van der Waals surface area contributed by atoms with E-state index < -0.39 is 7.92 Å². The lowest BCUT2D eigenvalue weighted by Gasteiger charge is -2.22. The van der Waals surface area contributed by atoms with Crippen LogP contribution in [-0.4, -0.2) is 11.7 Å². The minimum Gasteiger partial charge on any atom is -0.423 e. The summed E-state index contributed by atoms with van der Waals surface area (Å²) in [6, 6.07) is 43.0. The Balaban J connectivity index is 1.16. The van der Waals surface area contributed by atoms with Crippen molar-refractivity contribution < 1.29 is 9.53 Å². The van der Waals surface area contributed by atoms with Crippen LogP contribution in [0.25, 0.3) is 6.08 Å². The number of allylic oxidation sites excluding steroid dienone is 4. The van der Waals surface area contributed by atoms with E-state index in [1.54, 1.807) is 11.8 Å². The number of aliphatic imine (C=N–C) groups is 1. The molecule has 0 aromatic heterocycles. The zero-order valence-corrected chi connectivity index (χ0v) is 29.9. The van der Waals surface area contributed by atoms with Gasteiger partial charge in [0.2, 0.25) is 0 Å². The van der Waals surface area contributed by atoms with Crippen LogP contribution in [0, 0.1) is 0 Å². The molecule has 0 bridgehead atoms. The zero-order chi connectivity index (χ0) is 34.0.